The SMILES string of the molecule is CN(C)N=Cc1cccc(CC(O)(C(F)(F)F)C(F)(F)F)n1. The van der Waals surface area contributed by atoms with E-state index in [4.69, 9.17) is 5.11 Å². The van der Waals surface area contributed by atoms with Crippen molar-refractivity contribution in [2.45, 2.75) is 24.4 Å². The average molecular weight is 329 g/mol. The zero-order chi connectivity index (χ0) is 17.2. The normalized spacial score (nSPS) is 13.7. The summed E-state index contributed by atoms with van der Waals surface area (Å²) in [7, 11) is 3.15. The van der Waals surface area contributed by atoms with Crippen LogP contribution in [0.3, 0.4) is 0 Å². The predicted octanol–water partition coefficient (Wildman–Crippen LogP) is 2.38. The summed E-state index contributed by atoms with van der Waals surface area (Å²) >= 11 is 0. The van der Waals surface area contributed by atoms with Crippen LogP contribution < -0.4 is 0 Å². The van der Waals surface area contributed by atoms with Gasteiger partial charge in [0.05, 0.1) is 11.9 Å². The Balaban J connectivity index is 3.13. The molecule has 0 fully saturated rings. The molecule has 0 bridgehead atoms. The van der Waals surface area contributed by atoms with E-state index in [2.05, 4.69) is 10.1 Å². The molecule has 1 N–H and O–H groups in total. The molecular weight excluding hydrogens is 316 g/mol. The molecule has 0 spiro atoms. The van der Waals surface area contributed by atoms with Crippen LogP contribution in [0.2, 0.25) is 0 Å². The number of halogens is 6. The van der Waals surface area contributed by atoms with Crippen molar-refractivity contribution in [3.8, 4) is 0 Å². The lowest BCUT2D eigenvalue weighted by Gasteiger charge is -2.32. The molecule has 0 aliphatic rings. The molecule has 4 nitrogen and oxygen atoms in total. The Bertz CT molecular complexity index is 524. The summed E-state index contributed by atoms with van der Waals surface area (Å²) in [5.41, 5.74) is -5.35. The van der Waals surface area contributed by atoms with Gasteiger partial charge >= 0.3 is 12.4 Å². The smallest absolute Gasteiger partial charge is 0.373 e. The topological polar surface area (TPSA) is 48.7 Å². The molecule has 0 aliphatic heterocycles. The van der Waals surface area contributed by atoms with Crippen LogP contribution >= 0.6 is 0 Å². The van der Waals surface area contributed by atoms with Crippen molar-refractivity contribution in [3.05, 3.63) is 29.6 Å². The van der Waals surface area contributed by atoms with Crippen LogP contribution in [0.25, 0.3) is 0 Å². The maximum Gasteiger partial charge on any atom is 0.426 e. The molecule has 0 aromatic carbocycles. The van der Waals surface area contributed by atoms with E-state index in [-0.39, 0.29) is 5.69 Å². The van der Waals surface area contributed by atoms with Gasteiger partial charge in [-0.3, -0.25) is 4.98 Å². The molecule has 0 radical (unpaired) electrons. The third-order valence-electron chi connectivity index (χ3n) is 2.62. The van der Waals surface area contributed by atoms with Gasteiger partial charge in [0, 0.05) is 26.2 Å². The molecule has 0 saturated heterocycles. The summed E-state index contributed by atoms with van der Waals surface area (Å²) in [4.78, 5) is 3.62. The summed E-state index contributed by atoms with van der Waals surface area (Å²) < 4.78 is 75.7. The van der Waals surface area contributed by atoms with Gasteiger partial charge in [-0.25, -0.2) is 0 Å². The lowest BCUT2D eigenvalue weighted by molar-refractivity contribution is -0.367. The molecule has 0 saturated carbocycles. The van der Waals surface area contributed by atoms with E-state index in [0.717, 1.165) is 6.07 Å². The second kappa shape index (κ2) is 6.11. The molecular formula is C12H13F6N3O. The highest BCUT2D eigenvalue weighted by atomic mass is 19.4. The molecule has 1 heterocycles. The number of nitrogens with zero attached hydrogens (tertiary/aromatic N) is 3. The highest BCUT2D eigenvalue weighted by molar-refractivity contribution is 5.76. The summed E-state index contributed by atoms with van der Waals surface area (Å²) in [6.07, 6.45) is -12.3. The van der Waals surface area contributed by atoms with E-state index < -0.39 is 30.1 Å². The number of hydrazone groups is 1. The van der Waals surface area contributed by atoms with Gasteiger partial charge in [0.25, 0.3) is 5.60 Å². The predicted molar refractivity (Wildman–Crippen MR) is 66.3 cm³/mol. The fraction of sp³-hybridized carbons (Fsp3) is 0.500. The Morgan fingerprint density at radius 3 is 2.14 bits per heavy atom. The van der Waals surface area contributed by atoms with Crippen molar-refractivity contribution in [3.63, 3.8) is 0 Å². The quantitative estimate of drug-likeness (QED) is 0.524. The van der Waals surface area contributed by atoms with Crippen LogP contribution in [0.5, 0.6) is 0 Å². The van der Waals surface area contributed by atoms with Crippen molar-refractivity contribution in [2.24, 2.45) is 5.10 Å². The van der Waals surface area contributed by atoms with Gasteiger partial charge in [-0.2, -0.15) is 31.4 Å². The molecule has 0 amide bonds. The first-order valence-corrected chi connectivity index (χ1v) is 5.90. The third kappa shape index (κ3) is 4.09. The van der Waals surface area contributed by atoms with Crippen LogP contribution in [0, 0.1) is 0 Å². The largest absolute Gasteiger partial charge is 0.426 e. The lowest BCUT2D eigenvalue weighted by Crippen LogP contribution is -2.58. The van der Waals surface area contributed by atoms with Crippen molar-refractivity contribution < 1.29 is 31.4 Å². The Kier molecular flexibility index (Phi) is 5.06. The minimum atomic E-state index is -5.87. The number of hydrogen-bond acceptors (Lipinski definition) is 4. The number of pyridine rings is 1. The Hall–Kier alpha value is -1.84. The molecule has 124 valence electrons. The van der Waals surface area contributed by atoms with Gasteiger partial charge in [0.2, 0.25) is 0 Å². The second-order valence-corrected chi connectivity index (χ2v) is 4.68. The Morgan fingerprint density at radius 2 is 1.68 bits per heavy atom. The summed E-state index contributed by atoms with van der Waals surface area (Å²) in [5, 5.41) is 14.3. The summed E-state index contributed by atoms with van der Waals surface area (Å²) in [6, 6.07) is 3.55. The fourth-order valence-electron chi connectivity index (χ4n) is 1.47. The first-order chi connectivity index (χ1) is 9.87. The molecule has 1 aromatic rings. The monoisotopic (exact) mass is 329 g/mol. The number of rotatable bonds is 4. The Labute approximate surface area is 122 Å². The molecule has 10 heteroatoms. The average Bonchev–Trinajstić information content (AvgIpc) is 2.34. The maximum atomic E-state index is 12.6. The van der Waals surface area contributed by atoms with Crippen molar-refractivity contribution in [1.82, 2.24) is 9.99 Å². The maximum absolute atomic E-state index is 12.6. The lowest BCUT2D eigenvalue weighted by atomic mass is 9.95. The number of hydrogen-bond donors (Lipinski definition) is 1. The number of aromatic nitrogens is 1. The third-order valence-corrected chi connectivity index (χ3v) is 2.62. The van der Waals surface area contributed by atoms with Crippen LogP contribution in [0.1, 0.15) is 11.4 Å². The first-order valence-electron chi connectivity index (χ1n) is 5.90. The van der Waals surface area contributed by atoms with Crippen molar-refractivity contribution in [1.29, 1.82) is 0 Å². The second-order valence-electron chi connectivity index (χ2n) is 4.68. The molecule has 1 aromatic heterocycles. The molecule has 0 atom stereocenters. The van der Waals surface area contributed by atoms with Crippen molar-refractivity contribution in [2.75, 3.05) is 14.1 Å². The summed E-state index contributed by atoms with van der Waals surface area (Å²) in [6.45, 7) is 0. The zero-order valence-corrected chi connectivity index (χ0v) is 11.6. The zero-order valence-electron chi connectivity index (χ0n) is 11.6. The van der Waals surface area contributed by atoms with Gasteiger partial charge in [0.15, 0.2) is 0 Å². The molecule has 0 unspecified atom stereocenters. The standard InChI is InChI=1S/C12H13F6N3O/c1-21(2)19-7-9-5-3-4-8(20-9)6-10(22,11(13,14)15)12(16,17)18/h3-5,7,22H,6H2,1-2H3. The highest BCUT2D eigenvalue weighted by Gasteiger charge is 2.70. The minimum absolute atomic E-state index is 0.0675. The Morgan fingerprint density at radius 1 is 1.14 bits per heavy atom. The van der Waals surface area contributed by atoms with E-state index in [1.165, 1.54) is 23.4 Å². The van der Waals surface area contributed by atoms with Gasteiger partial charge in [-0.1, -0.05) is 6.07 Å². The highest BCUT2D eigenvalue weighted by Crippen LogP contribution is 2.44. The van der Waals surface area contributed by atoms with Crippen molar-refractivity contribution >= 4 is 6.21 Å². The number of alkyl halides is 6. The van der Waals surface area contributed by atoms with Gasteiger partial charge < -0.3 is 10.1 Å². The van der Waals surface area contributed by atoms with E-state index in [1.807, 2.05) is 0 Å². The van der Waals surface area contributed by atoms with Gasteiger partial charge in [-0.15, -0.1) is 0 Å². The number of aliphatic hydroxyl groups is 1. The van der Waals surface area contributed by atoms with E-state index >= 15 is 0 Å². The van der Waals surface area contributed by atoms with Crippen LogP contribution in [-0.2, 0) is 6.42 Å². The van der Waals surface area contributed by atoms with E-state index in [9.17, 15) is 26.3 Å². The van der Waals surface area contributed by atoms with Crippen LogP contribution in [-0.4, -0.2) is 53.4 Å². The summed E-state index contributed by atoms with van der Waals surface area (Å²) in [5.74, 6) is 0. The van der Waals surface area contributed by atoms with Crippen LogP contribution in [0.15, 0.2) is 23.3 Å². The molecule has 1 rings (SSSR count). The van der Waals surface area contributed by atoms with Gasteiger partial charge in [-0.05, 0) is 12.1 Å². The first kappa shape index (κ1) is 18.2. The molecule has 22 heavy (non-hydrogen) atoms. The fourth-order valence-corrected chi connectivity index (χ4v) is 1.47. The van der Waals surface area contributed by atoms with Gasteiger partial charge in [0.1, 0.15) is 0 Å². The van der Waals surface area contributed by atoms with E-state index in [1.54, 1.807) is 14.1 Å². The van der Waals surface area contributed by atoms with Crippen LogP contribution in [0.4, 0.5) is 26.3 Å². The molecule has 0 aliphatic carbocycles. The minimum Gasteiger partial charge on any atom is -0.373 e. The van der Waals surface area contributed by atoms with E-state index in [0.29, 0.717) is 0 Å².